The highest BCUT2D eigenvalue weighted by Crippen LogP contribution is 2.16. The molecule has 0 spiro atoms. The van der Waals surface area contributed by atoms with Gasteiger partial charge in [0.15, 0.2) is 0 Å². The molecule has 3 N–H and O–H groups in total. The van der Waals surface area contributed by atoms with E-state index in [1.165, 1.54) is 0 Å². The molecule has 110 valence electrons. The maximum absolute atomic E-state index is 11.6. The van der Waals surface area contributed by atoms with Gasteiger partial charge in [0.05, 0.1) is 6.04 Å². The Hall–Kier alpha value is -1.75. The standard InChI is InChI=1S/C14H19ClN2O3/c1-10(11-5-4-6-12(15)9-11)17-14(20)16-8-3-2-7-13(18)19/h4-6,9-10H,2-3,7-8H2,1H3,(H,18,19)(H2,16,17,20). The van der Waals surface area contributed by atoms with Crippen molar-refractivity contribution in [2.24, 2.45) is 0 Å². The van der Waals surface area contributed by atoms with Gasteiger partial charge in [0, 0.05) is 18.0 Å². The normalized spacial score (nSPS) is 11.7. The molecule has 0 radical (unpaired) electrons. The van der Waals surface area contributed by atoms with Gasteiger partial charge in [-0.15, -0.1) is 0 Å². The summed E-state index contributed by atoms with van der Waals surface area (Å²) in [6.45, 7) is 2.33. The molecule has 0 bridgehead atoms. The first-order chi connectivity index (χ1) is 9.49. The second-order valence-electron chi connectivity index (χ2n) is 4.53. The summed E-state index contributed by atoms with van der Waals surface area (Å²) < 4.78 is 0. The van der Waals surface area contributed by atoms with Gasteiger partial charge in [0.25, 0.3) is 0 Å². The SMILES string of the molecule is CC(NC(=O)NCCCCC(=O)O)c1cccc(Cl)c1. The number of halogens is 1. The molecule has 2 amide bonds. The fourth-order valence-electron chi connectivity index (χ4n) is 1.71. The van der Waals surface area contributed by atoms with Gasteiger partial charge in [-0.05, 0) is 37.5 Å². The number of unbranched alkanes of at least 4 members (excludes halogenated alkanes) is 1. The average molecular weight is 299 g/mol. The predicted octanol–water partition coefficient (Wildman–Crippen LogP) is 2.96. The lowest BCUT2D eigenvalue weighted by Gasteiger charge is -2.15. The zero-order chi connectivity index (χ0) is 15.0. The quantitative estimate of drug-likeness (QED) is 0.677. The van der Waals surface area contributed by atoms with E-state index < -0.39 is 5.97 Å². The summed E-state index contributed by atoms with van der Waals surface area (Å²) in [5, 5.41) is 14.6. The van der Waals surface area contributed by atoms with Crippen LogP contribution in [-0.4, -0.2) is 23.7 Å². The third kappa shape index (κ3) is 6.43. The van der Waals surface area contributed by atoms with Crippen LogP contribution in [0, 0.1) is 0 Å². The lowest BCUT2D eigenvalue weighted by molar-refractivity contribution is -0.137. The van der Waals surface area contributed by atoms with E-state index in [2.05, 4.69) is 10.6 Å². The number of rotatable bonds is 7. The molecule has 1 atom stereocenters. The van der Waals surface area contributed by atoms with Gasteiger partial charge < -0.3 is 15.7 Å². The molecule has 5 nitrogen and oxygen atoms in total. The van der Waals surface area contributed by atoms with Crippen LogP contribution in [0.5, 0.6) is 0 Å². The van der Waals surface area contributed by atoms with Gasteiger partial charge in [-0.1, -0.05) is 23.7 Å². The average Bonchev–Trinajstić information content (AvgIpc) is 2.37. The number of hydrogen-bond donors (Lipinski definition) is 3. The van der Waals surface area contributed by atoms with E-state index >= 15 is 0 Å². The highest BCUT2D eigenvalue weighted by molar-refractivity contribution is 6.30. The molecular formula is C14H19ClN2O3. The number of carbonyl (C=O) groups is 2. The fourth-order valence-corrected chi connectivity index (χ4v) is 1.91. The van der Waals surface area contributed by atoms with E-state index in [0.29, 0.717) is 24.4 Å². The Labute approximate surface area is 123 Å². The van der Waals surface area contributed by atoms with Gasteiger partial charge >= 0.3 is 12.0 Å². The molecule has 20 heavy (non-hydrogen) atoms. The number of urea groups is 1. The second-order valence-corrected chi connectivity index (χ2v) is 4.96. The lowest BCUT2D eigenvalue weighted by atomic mass is 10.1. The third-order valence-electron chi connectivity index (χ3n) is 2.80. The minimum Gasteiger partial charge on any atom is -0.481 e. The Morgan fingerprint density at radius 1 is 1.35 bits per heavy atom. The molecular weight excluding hydrogens is 280 g/mol. The molecule has 0 aromatic heterocycles. The molecule has 1 rings (SSSR count). The van der Waals surface area contributed by atoms with Crippen molar-refractivity contribution in [2.45, 2.75) is 32.2 Å². The van der Waals surface area contributed by atoms with Crippen molar-refractivity contribution in [1.82, 2.24) is 10.6 Å². The van der Waals surface area contributed by atoms with E-state index in [4.69, 9.17) is 16.7 Å². The number of nitrogens with one attached hydrogen (secondary N) is 2. The number of amides is 2. The largest absolute Gasteiger partial charge is 0.481 e. The summed E-state index contributed by atoms with van der Waals surface area (Å²) in [6.07, 6.45) is 1.33. The van der Waals surface area contributed by atoms with Crippen LogP contribution in [-0.2, 0) is 4.79 Å². The monoisotopic (exact) mass is 298 g/mol. The van der Waals surface area contributed by atoms with Crippen molar-refractivity contribution in [2.75, 3.05) is 6.54 Å². The highest BCUT2D eigenvalue weighted by Gasteiger charge is 2.09. The number of carboxylic acid groups (broad SMARTS) is 1. The molecule has 0 saturated heterocycles. The first-order valence-electron chi connectivity index (χ1n) is 6.50. The van der Waals surface area contributed by atoms with Crippen LogP contribution in [0.3, 0.4) is 0 Å². The highest BCUT2D eigenvalue weighted by atomic mass is 35.5. The molecule has 0 fully saturated rings. The van der Waals surface area contributed by atoms with Crippen LogP contribution < -0.4 is 10.6 Å². The summed E-state index contributed by atoms with van der Waals surface area (Å²) in [6, 6.07) is 6.89. The Balaban J connectivity index is 2.26. The first kappa shape index (κ1) is 16.3. The van der Waals surface area contributed by atoms with Crippen molar-refractivity contribution in [3.8, 4) is 0 Å². The van der Waals surface area contributed by atoms with Crippen molar-refractivity contribution in [3.63, 3.8) is 0 Å². The smallest absolute Gasteiger partial charge is 0.315 e. The Morgan fingerprint density at radius 2 is 2.10 bits per heavy atom. The number of carbonyl (C=O) groups excluding carboxylic acids is 1. The van der Waals surface area contributed by atoms with E-state index in [1.807, 2.05) is 19.1 Å². The van der Waals surface area contributed by atoms with Gasteiger partial charge in [-0.25, -0.2) is 4.79 Å². The van der Waals surface area contributed by atoms with E-state index in [0.717, 1.165) is 5.56 Å². The second kappa shape index (κ2) is 8.43. The summed E-state index contributed by atoms with van der Waals surface area (Å²) in [7, 11) is 0. The van der Waals surface area contributed by atoms with Crippen LogP contribution >= 0.6 is 11.6 Å². The maximum Gasteiger partial charge on any atom is 0.315 e. The minimum atomic E-state index is -0.816. The third-order valence-corrected chi connectivity index (χ3v) is 3.03. The van der Waals surface area contributed by atoms with Gasteiger partial charge in [0.1, 0.15) is 0 Å². The van der Waals surface area contributed by atoms with Gasteiger partial charge in [0.2, 0.25) is 0 Å². The zero-order valence-corrected chi connectivity index (χ0v) is 12.1. The summed E-state index contributed by atoms with van der Waals surface area (Å²) >= 11 is 5.89. The molecule has 0 aliphatic rings. The molecule has 6 heteroatoms. The number of carboxylic acids is 1. The lowest BCUT2D eigenvalue weighted by Crippen LogP contribution is -2.37. The molecule has 0 aliphatic carbocycles. The Bertz CT molecular complexity index is 465. The first-order valence-corrected chi connectivity index (χ1v) is 6.88. The predicted molar refractivity (Wildman–Crippen MR) is 77.9 cm³/mol. The maximum atomic E-state index is 11.6. The van der Waals surface area contributed by atoms with Gasteiger partial charge in [-0.2, -0.15) is 0 Å². The Morgan fingerprint density at radius 3 is 2.75 bits per heavy atom. The van der Waals surface area contributed by atoms with Crippen LogP contribution in [0.1, 0.15) is 37.8 Å². The van der Waals surface area contributed by atoms with Crippen molar-refractivity contribution < 1.29 is 14.7 Å². The number of hydrogen-bond acceptors (Lipinski definition) is 2. The van der Waals surface area contributed by atoms with Crippen LogP contribution in [0.4, 0.5) is 4.79 Å². The van der Waals surface area contributed by atoms with Crippen LogP contribution in [0.15, 0.2) is 24.3 Å². The molecule has 0 aliphatic heterocycles. The molecule has 1 aromatic rings. The topological polar surface area (TPSA) is 78.4 Å². The van der Waals surface area contributed by atoms with Crippen LogP contribution in [0.25, 0.3) is 0 Å². The minimum absolute atomic E-state index is 0.127. The van der Waals surface area contributed by atoms with E-state index in [9.17, 15) is 9.59 Å². The molecule has 0 saturated carbocycles. The molecule has 0 heterocycles. The van der Waals surface area contributed by atoms with Crippen molar-refractivity contribution in [1.29, 1.82) is 0 Å². The van der Waals surface area contributed by atoms with E-state index in [1.54, 1.807) is 12.1 Å². The number of aliphatic carboxylic acids is 1. The van der Waals surface area contributed by atoms with Gasteiger partial charge in [-0.3, -0.25) is 4.79 Å². The fraction of sp³-hybridized carbons (Fsp3) is 0.429. The van der Waals surface area contributed by atoms with E-state index in [-0.39, 0.29) is 18.5 Å². The zero-order valence-electron chi connectivity index (χ0n) is 11.4. The summed E-state index contributed by atoms with van der Waals surface area (Å²) in [4.78, 5) is 22.0. The summed E-state index contributed by atoms with van der Waals surface area (Å²) in [5.41, 5.74) is 0.929. The Kier molecular flexibility index (Phi) is 6.87. The molecule has 1 unspecified atom stereocenters. The van der Waals surface area contributed by atoms with Crippen molar-refractivity contribution >= 4 is 23.6 Å². The van der Waals surface area contributed by atoms with Crippen molar-refractivity contribution in [3.05, 3.63) is 34.9 Å². The summed E-state index contributed by atoms with van der Waals surface area (Å²) in [5.74, 6) is -0.816. The number of benzene rings is 1. The molecule has 1 aromatic carbocycles. The van der Waals surface area contributed by atoms with Crippen LogP contribution in [0.2, 0.25) is 5.02 Å².